The number of nitrogens with two attached hydrogens (primary N) is 1. The summed E-state index contributed by atoms with van der Waals surface area (Å²) in [6.07, 6.45) is 6.08. The van der Waals surface area contributed by atoms with E-state index in [0.29, 0.717) is 19.5 Å². The third-order valence-corrected chi connectivity index (χ3v) is 4.86. The van der Waals surface area contributed by atoms with Crippen molar-refractivity contribution < 1.29 is 4.79 Å². The van der Waals surface area contributed by atoms with E-state index in [9.17, 15) is 4.79 Å². The Kier molecular flexibility index (Phi) is 3.50. The largest absolute Gasteiger partial charge is 0.338 e. The van der Waals surface area contributed by atoms with Crippen molar-refractivity contribution in [1.82, 2.24) is 19.7 Å². The average Bonchev–Trinajstić information content (AvgIpc) is 2.98. The molecule has 0 aromatic carbocycles. The molecule has 1 aliphatic heterocycles. The maximum atomic E-state index is 12.3. The van der Waals surface area contributed by atoms with E-state index in [1.165, 1.54) is 6.42 Å². The average molecular weight is 277 g/mol. The molecular weight excluding hydrogens is 254 g/mol. The molecule has 0 bridgehead atoms. The number of nitrogens with zero attached hydrogens (tertiary/aromatic N) is 4. The molecule has 2 heterocycles. The fourth-order valence-corrected chi connectivity index (χ4v) is 3.21. The highest BCUT2D eigenvalue weighted by atomic mass is 16.2. The molecule has 0 spiro atoms. The molecule has 3 rings (SSSR count). The Balaban J connectivity index is 1.61. The van der Waals surface area contributed by atoms with Crippen LogP contribution in [0, 0.1) is 5.41 Å². The van der Waals surface area contributed by atoms with Gasteiger partial charge in [0.25, 0.3) is 0 Å². The van der Waals surface area contributed by atoms with Crippen molar-refractivity contribution in [3.63, 3.8) is 0 Å². The van der Waals surface area contributed by atoms with E-state index >= 15 is 0 Å². The highest BCUT2D eigenvalue weighted by molar-refractivity contribution is 5.76. The van der Waals surface area contributed by atoms with Gasteiger partial charge in [-0.2, -0.15) is 0 Å². The second-order valence-corrected chi connectivity index (χ2v) is 6.27. The maximum absolute atomic E-state index is 12.3. The molecule has 2 aliphatic rings. The first-order chi connectivity index (χ1) is 9.63. The first kappa shape index (κ1) is 13.5. The van der Waals surface area contributed by atoms with Gasteiger partial charge in [-0.25, -0.2) is 0 Å². The van der Waals surface area contributed by atoms with Crippen LogP contribution in [0.2, 0.25) is 0 Å². The van der Waals surface area contributed by atoms with Crippen LogP contribution in [0.15, 0.2) is 0 Å². The quantitative estimate of drug-likeness (QED) is 0.859. The molecule has 2 N–H and O–H groups in total. The normalized spacial score (nSPS) is 19.5. The number of hydrogen-bond donors (Lipinski definition) is 1. The minimum absolute atomic E-state index is 0.0676. The van der Waals surface area contributed by atoms with E-state index in [1.807, 2.05) is 7.05 Å². The standard InChI is InChI=1S/C14H23N5O/c1-18(13(20)8-14(10-15)5-3-6-14)9-12-17-16-11-4-2-7-19(11)12/h2-10,15H2,1H3. The third kappa shape index (κ3) is 2.32. The fourth-order valence-electron chi connectivity index (χ4n) is 3.21. The fraction of sp³-hybridized carbons (Fsp3) is 0.786. The van der Waals surface area contributed by atoms with Crippen LogP contribution in [0.25, 0.3) is 0 Å². The predicted molar refractivity (Wildman–Crippen MR) is 74.8 cm³/mol. The van der Waals surface area contributed by atoms with Crippen LogP contribution < -0.4 is 5.73 Å². The number of carbonyl (C=O) groups excluding carboxylic acids is 1. The van der Waals surface area contributed by atoms with Crippen LogP contribution in [0.1, 0.15) is 43.8 Å². The van der Waals surface area contributed by atoms with E-state index in [1.54, 1.807) is 4.90 Å². The van der Waals surface area contributed by atoms with Crippen molar-refractivity contribution in [2.24, 2.45) is 11.1 Å². The molecule has 1 amide bonds. The Morgan fingerprint density at radius 3 is 2.85 bits per heavy atom. The van der Waals surface area contributed by atoms with Crippen LogP contribution in [0.5, 0.6) is 0 Å². The molecule has 6 heteroatoms. The molecule has 1 aromatic heterocycles. The van der Waals surface area contributed by atoms with E-state index in [-0.39, 0.29) is 11.3 Å². The highest BCUT2D eigenvalue weighted by Gasteiger charge is 2.38. The van der Waals surface area contributed by atoms with Crippen molar-refractivity contribution >= 4 is 5.91 Å². The highest BCUT2D eigenvalue weighted by Crippen LogP contribution is 2.43. The molecule has 6 nitrogen and oxygen atoms in total. The lowest BCUT2D eigenvalue weighted by molar-refractivity contribution is -0.134. The number of aromatic nitrogens is 3. The summed E-state index contributed by atoms with van der Waals surface area (Å²) in [5.41, 5.74) is 5.90. The summed E-state index contributed by atoms with van der Waals surface area (Å²) < 4.78 is 2.14. The molecular formula is C14H23N5O. The monoisotopic (exact) mass is 277 g/mol. The summed E-state index contributed by atoms with van der Waals surface area (Å²) in [6.45, 7) is 2.14. The summed E-state index contributed by atoms with van der Waals surface area (Å²) >= 11 is 0. The van der Waals surface area contributed by atoms with Gasteiger partial charge in [-0.1, -0.05) is 6.42 Å². The van der Waals surface area contributed by atoms with E-state index in [0.717, 1.165) is 43.9 Å². The van der Waals surface area contributed by atoms with Gasteiger partial charge in [0, 0.05) is 26.4 Å². The minimum Gasteiger partial charge on any atom is -0.338 e. The third-order valence-electron chi connectivity index (χ3n) is 4.86. The van der Waals surface area contributed by atoms with Crippen LogP contribution in [-0.2, 0) is 24.3 Å². The molecule has 20 heavy (non-hydrogen) atoms. The van der Waals surface area contributed by atoms with E-state index in [4.69, 9.17) is 5.73 Å². The lowest BCUT2D eigenvalue weighted by atomic mass is 9.66. The Hall–Kier alpha value is -1.43. The smallest absolute Gasteiger partial charge is 0.223 e. The van der Waals surface area contributed by atoms with E-state index < -0.39 is 0 Å². The molecule has 0 unspecified atom stereocenters. The summed E-state index contributed by atoms with van der Waals surface area (Å²) in [5.74, 6) is 2.13. The Labute approximate surface area is 119 Å². The zero-order valence-corrected chi connectivity index (χ0v) is 12.1. The van der Waals surface area contributed by atoms with Gasteiger partial charge >= 0.3 is 0 Å². The molecule has 0 radical (unpaired) electrons. The zero-order valence-electron chi connectivity index (χ0n) is 12.1. The topological polar surface area (TPSA) is 77.0 Å². The maximum Gasteiger partial charge on any atom is 0.223 e. The Bertz CT molecular complexity index is 500. The first-order valence-corrected chi connectivity index (χ1v) is 7.48. The van der Waals surface area contributed by atoms with Crippen molar-refractivity contribution in [3.8, 4) is 0 Å². The van der Waals surface area contributed by atoms with Gasteiger partial charge in [-0.15, -0.1) is 10.2 Å². The molecule has 1 fully saturated rings. The number of hydrogen-bond acceptors (Lipinski definition) is 4. The molecule has 1 aromatic rings. The lowest BCUT2D eigenvalue weighted by Crippen LogP contribution is -2.42. The number of aryl methyl sites for hydroxylation is 1. The molecule has 0 saturated heterocycles. The van der Waals surface area contributed by atoms with Gasteiger partial charge in [-0.05, 0) is 31.2 Å². The molecule has 1 saturated carbocycles. The summed E-state index contributed by atoms with van der Waals surface area (Å²) in [7, 11) is 1.85. The number of fused-ring (bicyclic) bond motifs is 1. The summed E-state index contributed by atoms with van der Waals surface area (Å²) in [6, 6.07) is 0. The summed E-state index contributed by atoms with van der Waals surface area (Å²) in [5, 5.41) is 8.39. The van der Waals surface area contributed by atoms with Crippen LogP contribution in [0.3, 0.4) is 0 Å². The lowest BCUT2D eigenvalue weighted by Gasteiger charge is -2.41. The van der Waals surface area contributed by atoms with Gasteiger partial charge in [0.2, 0.25) is 5.91 Å². The number of carbonyl (C=O) groups is 1. The van der Waals surface area contributed by atoms with Gasteiger partial charge in [0.05, 0.1) is 6.54 Å². The first-order valence-electron chi connectivity index (χ1n) is 7.48. The predicted octanol–water partition coefficient (Wildman–Crippen LogP) is 0.702. The minimum atomic E-state index is 0.0676. The molecule has 0 atom stereocenters. The van der Waals surface area contributed by atoms with Gasteiger partial charge in [0.1, 0.15) is 5.82 Å². The SMILES string of the molecule is CN(Cc1nnc2n1CCC2)C(=O)CC1(CN)CCC1. The van der Waals surface area contributed by atoms with Gasteiger partial charge < -0.3 is 15.2 Å². The van der Waals surface area contributed by atoms with Crippen LogP contribution in [-0.4, -0.2) is 39.2 Å². The molecule has 1 aliphatic carbocycles. The number of amides is 1. The van der Waals surface area contributed by atoms with E-state index in [2.05, 4.69) is 14.8 Å². The van der Waals surface area contributed by atoms with Crippen molar-refractivity contribution in [3.05, 3.63) is 11.6 Å². The Morgan fingerprint density at radius 1 is 1.40 bits per heavy atom. The second-order valence-electron chi connectivity index (χ2n) is 6.27. The second kappa shape index (κ2) is 5.16. The van der Waals surface area contributed by atoms with Crippen molar-refractivity contribution in [1.29, 1.82) is 0 Å². The zero-order chi connectivity index (χ0) is 14.2. The summed E-state index contributed by atoms with van der Waals surface area (Å²) in [4.78, 5) is 14.1. The Morgan fingerprint density at radius 2 is 2.20 bits per heavy atom. The van der Waals surface area contributed by atoms with Crippen LogP contribution >= 0.6 is 0 Å². The van der Waals surface area contributed by atoms with Crippen molar-refractivity contribution in [2.75, 3.05) is 13.6 Å². The van der Waals surface area contributed by atoms with Gasteiger partial charge in [-0.3, -0.25) is 4.79 Å². The molecule has 110 valence electrons. The van der Waals surface area contributed by atoms with Crippen LogP contribution in [0.4, 0.5) is 0 Å². The number of rotatable bonds is 5. The van der Waals surface area contributed by atoms with Gasteiger partial charge in [0.15, 0.2) is 5.82 Å². The van der Waals surface area contributed by atoms with Crippen molar-refractivity contribution in [2.45, 2.75) is 51.6 Å².